The third-order valence-electron chi connectivity index (χ3n) is 5.90. The summed E-state index contributed by atoms with van der Waals surface area (Å²) in [5.41, 5.74) is 3.83. The van der Waals surface area contributed by atoms with E-state index in [0.29, 0.717) is 5.92 Å². The maximum Gasteiger partial charge on any atom is 0.0950 e. The summed E-state index contributed by atoms with van der Waals surface area (Å²) >= 11 is 0. The number of benzene rings is 2. The molecule has 0 saturated carbocycles. The van der Waals surface area contributed by atoms with E-state index >= 15 is 0 Å². The number of likely N-dealkylation sites (tertiary alicyclic amines) is 1. The van der Waals surface area contributed by atoms with Gasteiger partial charge in [0.25, 0.3) is 0 Å². The van der Waals surface area contributed by atoms with Crippen molar-refractivity contribution in [2.45, 2.75) is 31.5 Å². The minimum atomic E-state index is -0.344. The highest BCUT2D eigenvalue weighted by atomic mass is 16.3. The van der Waals surface area contributed by atoms with Crippen LogP contribution in [0.5, 0.6) is 0 Å². The lowest BCUT2D eigenvalue weighted by molar-refractivity contribution is 0.0676. The van der Waals surface area contributed by atoms with Gasteiger partial charge in [-0.1, -0.05) is 54.6 Å². The van der Waals surface area contributed by atoms with Crippen LogP contribution in [0.1, 0.15) is 29.2 Å². The fourth-order valence-corrected chi connectivity index (χ4v) is 4.54. The first-order valence-electron chi connectivity index (χ1n) is 9.43. The van der Waals surface area contributed by atoms with Crippen LogP contribution in [-0.2, 0) is 13.0 Å². The minimum absolute atomic E-state index is 0.223. The normalized spacial score (nSPS) is 26.3. The van der Waals surface area contributed by atoms with Crippen LogP contribution in [0.15, 0.2) is 54.6 Å². The molecule has 3 unspecified atom stereocenters. The van der Waals surface area contributed by atoms with Gasteiger partial charge >= 0.3 is 0 Å². The summed E-state index contributed by atoms with van der Waals surface area (Å²) in [4.78, 5) is 4.95. The molecule has 0 spiro atoms. The number of fused-ring (bicyclic) bond motifs is 1. The lowest BCUT2D eigenvalue weighted by Crippen LogP contribution is -2.39. The van der Waals surface area contributed by atoms with Gasteiger partial charge in [0.05, 0.1) is 6.10 Å². The van der Waals surface area contributed by atoms with Crippen molar-refractivity contribution >= 4 is 0 Å². The van der Waals surface area contributed by atoms with Crippen LogP contribution in [0.3, 0.4) is 0 Å². The summed E-state index contributed by atoms with van der Waals surface area (Å²) in [6, 6.07) is 19.3. The van der Waals surface area contributed by atoms with Crippen LogP contribution in [0.25, 0.3) is 0 Å². The topological polar surface area (TPSA) is 26.7 Å². The molecule has 3 atom stereocenters. The molecule has 1 saturated heterocycles. The van der Waals surface area contributed by atoms with Gasteiger partial charge in [-0.3, -0.25) is 9.80 Å². The van der Waals surface area contributed by atoms with Gasteiger partial charge in [0.2, 0.25) is 0 Å². The van der Waals surface area contributed by atoms with E-state index in [1.54, 1.807) is 0 Å². The monoisotopic (exact) mass is 336 g/mol. The highest BCUT2D eigenvalue weighted by Gasteiger charge is 2.35. The summed E-state index contributed by atoms with van der Waals surface area (Å²) in [7, 11) is 2.18. The predicted molar refractivity (Wildman–Crippen MR) is 101 cm³/mol. The first-order chi connectivity index (χ1) is 12.2. The zero-order chi connectivity index (χ0) is 17.2. The summed E-state index contributed by atoms with van der Waals surface area (Å²) in [6.45, 7) is 4.47. The maximum absolute atomic E-state index is 10.7. The molecule has 2 aromatic carbocycles. The van der Waals surface area contributed by atoms with Crippen molar-refractivity contribution in [2.75, 3.05) is 26.7 Å². The fraction of sp³-hybridized carbons (Fsp3) is 0.455. The van der Waals surface area contributed by atoms with Crippen LogP contribution >= 0.6 is 0 Å². The maximum atomic E-state index is 10.7. The average molecular weight is 336 g/mol. The molecule has 1 aliphatic heterocycles. The van der Waals surface area contributed by atoms with E-state index in [1.165, 1.54) is 24.1 Å². The minimum Gasteiger partial charge on any atom is -0.387 e. The Morgan fingerprint density at radius 3 is 2.64 bits per heavy atom. The Bertz CT molecular complexity index is 702. The number of hydrogen-bond donors (Lipinski definition) is 1. The van der Waals surface area contributed by atoms with Gasteiger partial charge in [-0.25, -0.2) is 0 Å². The zero-order valence-electron chi connectivity index (χ0n) is 15.0. The van der Waals surface area contributed by atoms with Crippen molar-refractivity contribution < 1.29 is 5.11 Å². The Balaban J connectivity index is 1.31. The number of aliphatic hydroxyl groups is 1. The third-order valence-corrected chi connectivity index (χ3v) is 5.90. The van der Waals surface area contributed by atoms with Crippen LogP contribution in [0.4, 0.5) is 0 Å². The van der Waals surface area contributed by atoms with Gasteiger partial charge in [-0.05, 0) is 49.0 Å². The molecular weight excluding hydrogens is 308 g/mol. The Morgan fingerprint density at radius 2 is 1.84 bits per heavy atom. The largest absolute Gasteiger partial charge is 0.387 e. The van der Waals surface area contributed by atoms with Crippen molar-refractivity contribution in [1.29, 1.82) is 0 Å². The molecule has 1 heterocycles. The Hall–Kier alpha value is -1.68. The van der Waals surface area contributed by atoms with E-state index in [0.717, 1.165) is 31.6 Å². The van der Waals surface area contributed by atoms with E-state index in [1.807, 2.05) is 6.07 Å². The predicted octanol–water partition coefficient (Wildman–Crippen LogP) is 3.10. The molecule has 25 heavy (non-hydrogen) atoms. The van der Waals surface area contributed by atoms with E-state index in [2.05, 4.69) is 65.4 Å². The van der Waals surface area contributed by atoms with Crippen LogP contribution < -0.4 is 0 Å². The molecule has 0 aromatic heterocycles. The molecule has 132 valence electrons. The molecule has 4 rings (SSSR count). The zero-order valence-corrected chi connectivity index (χ0v) is 15.0. The van der Waals surface area contributed by atoms with Gasteiger partial charge in [0, 0.05) is 25.7 Å². The summed E-state index contributed by atoms with van der Waals surface area (Å²) in [5, 5.41) is 10.7. The van der Waals surface area contributed by atoms with E-state index < -0.39 is 0 Å². The standard InChI is InChI=1S/C22H28N2O/c1-23(21-13-19-9-5-6-10-20(19)22(21)25)14-18-11-12-24(16-18)15-17-7-3-2-4-8-17/h2-10,18,21-22,25H,11-16H2,1H3. The van der Waals surface area contributed by atoms with Crippen molar-refractivity contribution in [2.24, 2.45) is 5.92 Å². The smallest absolute Gasteiger partial charge is 0.0950 e. The average Bonchev–Trinajstić information content (AvgIpc) is 3.20. The van der Waals surface area contributed by atoms with Crippen molar-refractivity contribution in [3.05, 3.63) is 71.3 Å². The Morgan fingerprint density at radius 1 is 1.08 bits per heavy atom. The van der Waals surface area contributed by atoms with Gasteiger partial charge in [-0.2, -0.15) is 0 Å². The molecule has 0 radical (unpaired) electrons. The molecule has 0 bridgehead atoms. The molecule has 2 aromatic rings. The number of nitrogens with zero attached hydrogens (tertiary/aromatic N) is 2. The lowest BCUT2D eigenvalue weighted by Gasteiger charge is -2.29. The summed E-state index contributed by atoms with van der Waals surface area (Å²) in [6.07, 6.45) is 1.88. The molecule has 3 heteroatoms. The van der Waals surface area contributed by atoms with Gasteiger partial charge in [-0.15, -0.1) is 0 Å². The molecule has 1 aliphatic carbocycles. The second kappa shape index (κ2) is 7.28. The van der Waals surface area contributed by atoms with Crippen molar-refractivity contribution in [1.82, 2.24) is 9.80 Å². The van der Waals surface area contributed by atoms with E-state index in [4.69, 9.17) is 0 Å². The molecule has 3 nitrogen and oxygen atoms in total. The third kappa shape index (κ3) is 3.64. The second-order valence-electron chi connectivity index (χ2n) is 7.73. The molecule has 2 aliphatic rings. The molecule has 0 amide bonds. The van der Waals surface area contributed by atoms with Gasteiger partial charge in [0.1, 0.15) is 0 Å². The lowest BCUT2D eigenvalue weighted by atomic mass is 10.1. The number of likely N-dealkylation sites (N-methyl/N-ethyl adjacent to an activating group) is 1. The van der Waals surface area contributed by atoms with Crippen LogP contribution in [-0.4, -0.2) is 47.6 Å². The Kier molecular flexibility index (Phi) is 4.89. The number of hydrogen-bond acceptors (Lipinski definition) is 3. The SMILES string of the molecule is CN(CC1CCN(Cc2ccccc2)C1)C1Cc2ccccc2C1O. The summed E-state index contributed by atoms with van der Waals surface area (Å²) < 4.78 is 0. The highest BCUT2D eigenvalue weighted by molar-refractivity contribution is 5.35. The first-order valence-corrected chi connectivity index (χ1v) is 9.43. The highest BCUT2D eigenvalue weighted by Crippen LogP contribution is 2.34. The van der Waals surface area contributed by atoms with Crippen LogP contribution in [0.2, 0.25) is 0 Å². The van der Waals surface area contributed by atoms with Gasteiger partial charge in [0.15, 0.2) is 0 Å². The fourth-order valence-electron chi connectivity index (χ4n) is 4.54. The molecule has 1 fully saturated rings. The van der Waals surface area contributed by atoms with Crippen molar-refractivity contribution in [3.63, 3.8) is 0 Å². The first kappa shape index (κ1) is 16.8. The van der Waals surface area contributed by atoms with Crippen molar-refractivity contribution in [3.8, 4) is 0 Å². The number of aliphatic hydroxyl groups excluding tert-OH is 1. The van der Waals surface area contributed by atoms with E-state index in [9.17, 15) is 5.11 Å². The molecular formula is C22H28N2O. The molecule has 1 N–H and O–H groups in total. The Labute approximate surface area is 150 Å². The second-order valence-corrected chi connectivity index (χ2v) is 7.73. The van der Waals surface area contributed by atoms with Crippen LogP contribution in [0, 0.1) is 5.92 Å². The number of rotatable bonds is 5. The van der Waals surface area contributed by atoms with Gasteiger partial charge < -0.3 is 5.11 Å². The quantitative estimate of drug-likeness (QED) is 0.909. The van der Waals surface area contributed by atoms with E-state index in [-0.39, 0.29) is 12.1 Å². The summed E-state index contributed by atoms with van der Waals surface area (Å²) in [5.74, 6) is 0.699.